The van der Waals surface area contributed by atoms with Crippen molar-refractivity contribution in [2.75, 3.05) is 38.0 Å². The van der Waals surface area contributed by atoms with Crippen LogP contribution in [0.15, 0.2) is 48.5 Å². The van der Waals surface area contributed by atoms with Crippen LogP contribution in [0.1, 0.15) is 12.5 Å². The van der Waals surface area contributed by atoms with Gasteiger partial charge in [0.25, 0.3) is 0 Å². The number of hydrogen-bond donors (Lipinski definition) is 1. The zero-order valence-electron chi connectivity index (χ0n) is 15.9. The Labute approximate surface area is 163 Å². The number of ether oxygens (including phenoxy) is 1. The molecule has 148 valence electrons. The van der Waals surface area contributed by atoms with Crippen LogP contribution in [0.2, 0.25) is 0 Å². The summed E-state index contributed by atoms with van der Waals surface area (Å²) in [7, 11) is 0. The second kappa shape index (κ2) is 9.32. The Bertz CT molecular complexity index is 835. The van der Waals surface area contributed by atoms with Crippen molar-refractivity contribution < 1.29 is 18.7 Å². The molecule has 0 aromatic heterocycles. The number of rotatable bonds is 5. The largest absolute Gasteiger partial charge is 0.489 e. The lowest BCUT2D eigenvalue weighted by molar-refractivity contribution is -0.144. The fourth-order valence-corrected chi connectivity index (χ4v) is 3.06. The van der Waals surface area contributed by atoms with Crippen LogP contribution >= 0.6 is 0 Å². The van der Waals surface area contributed by atoms with E-state index in [9.17, 15) is 14.0 Å². The van der Waals surface area contributed by atoms with E-state index in [0.717, 1.165) is 25.2 Å². The molecule has 2 amide bonds. The summed E-state index contributed by atoms with van der Waals surface area (Å²) < 4.78 is 18.8. The monoisotopic (exact) mass is 385 g/mol. The van der Waals surface area contributed by atoms with E-state index in [0.29, 0.717) is 24.5 Å². The first-order chi connectivity index (χ1) is 13.5. The molecule has 0 unspecified atom stereocenters. The molecule has 0 atom stereocenters. The highest BCUT2D eigenvalue weighted by atomic mass is 19.1. The molecule has 1 N–H and O–H groups in total. The van der Waals surface area contributed by atoms with E-state index in [1.165, 1.54) is 12.1 Å². The Hall–Kier alpha value is -2.93. The molecule has 1 aliphatic heterocycles. The molecular weight excluding hydrogens is 361 g/mol. The smallest absolute Gasteiger partial charge is 0.313 e. The number of hydrogen-bond acceptors (Lipinski definition) is 4. The van der Waals surface area contributed by atoms with Gasteiger partial charge in [0, 0.05) is 37.9 Å². The van der Waals surface area contributed by atoms with E-state index in [1.54, 1.807) is 35.2 Å². The maximum atomic E-state index is 13.2. The highest BCUT2D eigenvalue weighted by Crippen LogP contribution is 2.16. The lowest BCUT2D eigenvalue weighted by Gasteiger charge is -2.33. The summed E-state index contributed by atoms with van der Waals surface area (Å²) in [6, 6.07) is 13.0. The van der Waals surface area contributed by atoms with Crippen molar-refractivity contribution in [1.82, 2.24) is 9.80 Å². The first kappa shape index (κ1) is 19.8. The average Bonchev–Trinajstić information content (AvgIpc) is 2.72. The highest BCUT2D eigenvalue weighted by molar-refractivity contribution is 6.39. The van der Waals surface area contributed by atoms with Gasteiger partial charge in [-0.1, -0.05) is 25.1 Å². The van der Waals surface area contributed by atoms with Gasteiger partial charge in [-0.2, -0.15) is 0 Å². The number of benzene rings is 2. The number of amides is 2. The number of piperazine rings is 1. The van der Waals surface area contributed by atoms with Gasteiger partial charge in [0.15, 0.2) is 0 Å². The van der Waals surface area contributed by atoms with Gasteiger partial charge >= 0.3 is 11.8 Å². The van der Waals surface area contributed by atoms with Gasteiger partial charge in [0.1, 0.15) is 18.2 Å². The number of nitrogens with zero attached hydrogens (tertiary/aromatic N) is 2. The molecule has 1 saturated heterocycles. The number of likely N-dealkylation sites (N-methyl/N-ethyl adjacent to an activating group) is 1. The van der Waals surface area contributed by atoms with E-state index in [4.69, 9.17) is 4.74 Å². The van der Waals surface area contributed by atoms with Crippen molar-refractivity contribution in [3.05, 3.63) is 59.9 Å². The van der Waals surface area contributed by atoms with Crippen molar-refractivity contribution in [2.45, 2.75) is 13.5 Å². The van der Waals surface area contributed by atoms with Crippen molar-refractivity contribution in [1.29, 1.82) is 0 Å². The van der Waals surface area contributed by atoms with Gasteiger partial charge in [-0.3, -0.25) is 9.59 Å². The fraction of sp³-hybridized carbons (Fsp3) is 0.333. The van der Waals surface area contributed by atoms with Crippen molar-refractivity contribution in [3.63, 3.8) is 0 Å². The molecule has 1 heterocycles. The van der Waals surface area contributed by atoms with E-state index >= 15 is 0 Å². The molecule has 0 bridgehead atoms. The van der Waals surface area contributed by atoms with Gasteiger partial charge in [-0.15, -0.1) is 0 Å². The zero-order chi connectivity index (χ0) is 19.9. The molecule has 7 heteroatoms. The Kier molecular flexibility index (Phi) is 6.60. The first-order valence-electron chi connectivity index (χ1n) is 9.35. The lowest BCUT2D eigenvalue weighted by atomic mass is 10.2. The Morgan fingerprint density at radius 2 is 1.82 bits per heavy atom. The van der Waals surface area contributed by atoms with Crippen LogP contribution in [0.4, 0.5) is 10.1 Å². The van der Waals surface area contributed by atoms with E-state index < -0.39 is 11.8 Å². The van der Waals surface area contributed by atoms with Gasteiger partial charge in [0.05, 0.1) is 0 Å². The summed E-state index contributed by atoms with van der Waals surface area (Å²) in [5, 5.41) is 2.65. The third-order valence-corrected chi connectivity index (χ3v) is 4.69. The predicted octanol–water partition coefficient (Wildman–Crippen LogP) is 2.51. The molecule has 0 radical (unpaired) electrons. The Balaban J connectivity index is 1.55. The quantitative estimate of drug-likeness (QED) is 0.804. The normalized spacial score (nSPS) is 14.6. The van der Waals surface area contributed by atoms with Crippen LogP contribution in [-0.2, 0) is 16.2 Å². The minimum absolute atomic E-state index is 0.222. The number of carbonyl (C=O) groups excluding carboxylic acids is 2. The molecule has 1 fully saturated rings. The number of carbonyl (C=O) groups is 2. The topological polar surface area (TPSA) is 61.9 Å². The van der Waals surface area contributed by atoms with Gasteiger partial charge in [-0.05, 0) is 36.4 Å². The Morgan fingerprint density at radius 1 is 1.07 bits per heavy atom. The first-order valence-corrected chi connectivity index (χ1v) is 9.35. The van der Waals surface area contributed by atoms with Crippen LogP contribution in [0.3, 0.4) is 0 Å². The molecule has 0 spiro atoms. The van der Waals surface area contributed by atoms with Crippen LogP contribution < -0.4 is 10.1 Å². The van der Waals surface area contributed by atoms with Crippen LogP contribution in [0, 0.1) is 5.82 Å². The molecule has 0 saturated carbocycles. The summed E-state index contributed by atoms with van der Waals surface area (Å²) in [5.74, 6) is -1.10. The molecule has 28 heavy (non-hydrogen) atoms. The van der Waals surface area contributed by atoms with Crippen molar-refractivity contribution in [2.24, 2.45) is 0 Å². The predicted molar refractivity (Wildman–Crippen MR) is 104 cm³/mol. The number of nitrogens with one attached hydrogen (secondary N) is 1. The van der Waals surface area contributed by atoms with Crippen molar-refractivity contribution >= 4 is 17.5 Å². The second-order valence-corrected chi connectivity index (χ2v) is 6.63. The third kappa shape index (κ3) is 5.29. The third-order valence-electron chi connectivity index (χ3n) is 4.69. The maximum Gasteiger partial charge on any atom is 0.313 e. The maximum absolute atomic E-state index is 13.2. The molecular formula is C21H24FN3O3. The Morgan fingerprint density at radius 3 is 2.54 bits per heavy atom. The second-order valence-electron chi connectivity index (χ2n) is 6.63. The van der Waals surface area contributed by atoms with E-state index in [1.807, 2.05) is 6.07 Å². The summed E-state index contributed by atoms with van der Waals surface area (Å²) >= 11 is 0. The van der Waals surface area contributed by atoms with Crippen LogP contribution in [-0.4, -0.2) is 54.3 Å². The summed E-state index contributed by atoms with van der Waals surface area (Å²) in [6.45, 7) is 5.92. The minimum Gasteiger partial charge on any atom is -0.489 e. The summed E-state index contributed by atoms with van der Waals surface area (Å²) in [5.41, 5.74) is 1.32. The molecule has 2 aromatic rings. The van der Waals surface area contributed by atoms with E-state index in [-0.39, 0.29) is 12.4 Å². The van der Waals surface area contributed by atoms with E-state index in [2.05, 4.69) is 17.1 Å². The van der Waals surface area contributed by atoms with Gasteiger partial charge in [0.2, 0.25) is 0 Å². The number of halogens is 1. The fourth-order valence-electron chi connectivity index (χ4n) is 3.06. The van der Waals surface area contributed by atoms with Crippen LogP contribution in [0.25, 0.3) is 0 Å². The molecule has 6 nitrogen and oxygen atoms in total. The summed E-state index contributed by atoms with van der Waals surface area (Å²) in [6.07, 6.45) is 0. The lowest BCUT2D eigenvalue weighted by Crippen LogP contribution is -2.51. The van der Waals surface area contributed by atoms with Crippen LogP contribution in [0.5, 0.6) is 5.75 Å². The minimum atomic E-state index is -0.645. The molecule has 1 aliphatic rings. The average molecular weight is 385 g/mol. The van der Waals surface area contributed by atoms with Gasteiger partial charge < -0.3 is 19.9 Å². The number of anilines is 1. The highest BCUT2D eigenvalue weighted by Gasteiger charge is 2.25. The molecule has 2 aromatic carbocycles. The summed E-state index contributed by atoms with van der Waals surface area (Å²) in [4.78, 5) is 28.5. The van der Waals surface area contributed by atoms with Crippen molar-refractivity contribution in [3.8, 4) is 5.75 Å². The van der Waals surface area contributed by atoms with Gasteiger partial charge in [-0.25, -0.2) is 4.39 Å². The molecule has 3 rings (SSSR count). The standard InChI is InChI=1S/C21H24FN3O3/c1-2-24-9-11-25(12-10-24)21(27)20(26)23-18-7-3-5-16(13-18)15-28-19-8-4-6-17(22)14-19/h3-8,13-14H,2,9-12,15H2,1H3,(H,23,26). The molecule has 0 aliphatic carbocycles. The zero-order valence-corrected chi connectivity index (χ0v) is 15.9. The SMILES string of the molecule is CCN1CCN(C(=O)C(=O)Nc2cccc(COc3cccc(F)c3)c2)CC1.